The molecule has 1 aliphatic rings. The van der Waals surface area contributed by atoms with Crippen LogP contribution in [0.2, 0.25) is 0 Å². The third kappa shape index (κ3) is 5.10. The lowest BCUT2D eigenvalue weighted by Gasteiger charge is -2.34. The van der Waals surface area contributed by atoms with Crippen LogP contribution in [0.15, 0.2) is 47.4 Å². The van der Waals surface area contributed by atoms with Crippen molar-refractivity contribution in [2.45, 2.75) is 18.7 Å². The topological polar surface area (TPSA) is 111 Å². The lowest BCUT2D eigenvalue weighted by molar-refractivity contribution is -0.131. The molecule has 0 radical (unpaired) electrons. The number of sulfonamides is 1. The SMILES string of the molecule is Cc1ccc(C(=O)NCC(=O)N2CCN(S(=O)(=O)c3ccc(C#N)cc3)CC2)cc1C. The van der Waals surface area contributed by atoms with Gasteiger partial charge in [-0.3, -0.25) is 9.59 Å². The van der Waals surface area contributed by atoms with Crippen LogP contribution in [0.3, 0.4) is 0 Å². The van der Waals surface area contributed by atoms with E-state index in [1.165, 1.54) is 28.6 Å². The van der Waals surface area contributed by atoms with Crippen LogP contribution in [0.25, 0.3) is 0 Å². The fourth-order valence-corrected chi connectivity index (χ4v) is 4.70. The Labute approximate surface area is 182 Å². The van der Waals surface area contributed by atoms with Crippen LogP contribution in [0, 0.1) is 25.2 Å². The van der Waals surface area contributed by atoms with E-state index < -0.39 is 10.0 Å². The predicted octanol–water partition coefficient (Wildman–Crippen LogP) is 1.44. The van der Waals surface area contributed by atoms with Gasteiger partial charge in [0, 0.05) is 31.7 Å². The van der Waals surface area contributed by atoms with Crippen LogP contribution < -0.4 is 5.32 Å². The molecule has 2 aromatic rings. The summed E-state index contributed by atoms with van der Waals surface area (Å²) in [5.74, 6) is -0.578. The van der Waals surface area contributed by atoms with E-state index in [1.54, 1.807) is 17.0 Å². The number of nitriles is 1. The van der Waals surface area contributed by atoms with Crippen LogP contribution >= 0.6 is 0 Å². The maximum atomic E-state index is 12.8. The second-order valence-corrected chi connectivity index (χ2v) is 9.34. The molecule has 0 atom stereocenters. The highest BCUT2D eigenvalue weighted by Gasteiger charge is 2.30. The van der Waals surface area contributed by atoms with Gasteiger partial charge in [-0.05, 0) is 61.4 Å². The number of benzene rings is 2. The zero-order chi connectivity index (χ0) is 22.6. The van der Waals surface area contributed by atoms with E-state index in [-0.39, 0.29) is 49.4 Å². The number of hydrogen-bond acceptors (Lipinski definition) is 5. The highest BCUT2D eigenvalue weighted by molar-refractivity contribution is 7.89. The Morgan fingerprint density at radius 3 is 2.23 bits per heavy atom. The van der Waals surface area contributed by atoms with Gasteiger partial charge >= 0.3 is 0 Å². The van der Waals surface area contributed by atoms with Gasteiger partial charge in [0.05, 0.1) is 23.1 Å². The van der Waals surface area contributed by atoms with Gasteiger partial charge in [-0.1, -0.05) is 6.07 Å². The predicted molar refractivity (Wildman–Crippen MR) is 115 cm³/mol. The van der Waals surface area contributed by atoms with E-state index in [1.807, 2.05) is 26.0 Å². The molecule has 31 heavy (non-hydrogen) atoms. The van der Waals surface area contributed by atoms with Crippen molar-refractivity contribution < 1.29 is 18.0 Å². The Morgan fingerprint density at radius 2 is 1.65 bits per heavy atom. The molecule has 1 fully saturated rings. The van der Waals surface area contributed by atoms with Crippen molar-refractivity contribution in [3.8, 4) is 6.07 Å². The molecule has 9 heteroatoms. The number of nitrogens with zero attached hydrogens (tertiary/aromatic N) is 3. The number of piperazine rings is 1. The molecular weight excluding hydrogens is 416 g/mol. The fourth-order valence-electron chi connectivity index (χ4n) is 3.28. The average molecular weight is 441 g/mol. The fraction of sp³-hybridized carbons (Fsp3) is 0.318. The third-order valence-corrected chi connectivity index (χ3v) is 7.29. The summed E-state index contributed by atoms with van der Waals surface area (Å²) in [5.41, 5.74) is 2.96. The van der Waals surface area contributed by atoms with Crippen molar-refractivity contribution in [1.29, 1.82) is 5.26 Å². The van der Waals surface area contributed by atoms with Crippen molar-refractivity contribution in [2.24, 2.45) is 0 Å². The highest BCUT2D eigenvalue weighted by atomic mass is 32.2. The van der Waals surface area contributed by atoms with Crippen molar-refractivity contribution in [3.05, 3.63) is 64.7 Å². The number of nitrogens with one attached hydrogen (secondary N) is 1. The number of aryl methyl sites for hydroxylation is 2. The monoisotopic (exact) mass is 440 g/mol. The molecule has 2 amide bonds. The summed E-state index contributed by atoms with van der Waals surface area (Å²) in [4.78, 5) is 26.4. The van der Waals surface area contributed by atoms with E-state index in [4.69, 9.17) is 5.26 Å². The van der Waals surface area contributed by atoms with Crippen LogP contribution in [0.1, 0.15) is 27.0 Å². The van der Waals surface area contributed by atoms with Gasteiger partial charge in [-0.25, -0.2) is 8.42 Å². The lowest BCUT2D eigenvalue weighted by atomic mass is 10.1. The first-order chi connectivity index (χ1) is 14.7. The van der Waals surface area contributed by atoms with Gasteiger partial charge in [0.2, 0.25) is 15.9 Å². The largest absolute Gasteiger partial charge is 0.343 e. The standard InChI is InChI=1S/C22H24N4O4S/c1-16-3-6-19(13-17(16)2)22(28)24-15-21(27)25-9-11-26(12-10-25)31(29,30)20-7-4-18(14-23)5-8-20/h3-8,13H,9-12,15H2,1-2H3,(H,24,28). The minimum Gasteiger partial charge on any atom is -0.343 e. The maximum Gasteiger partial charge on any atom is 0.251 e. The van der Waals surface area contributed by atoms with Crippen molar-refractivity contribution in [2.75, 3.05) is 32.7 Å². The smallest absolute Gasteiger partial charge is 0.251 e. The van der Waals surface area contributed by atoms with E-state index >= 15 is 0 Å². The van der Waals surface area contributed by atoms with E-state index in [9.17, 15) is 18.0 Å². The Balaban J connectivity index is 1.53. The Kier molecular flexibility index (Phi) is 6.73. The zero-order valence-corrected chi connectivity index (χ0v) is 18.3. The number of hydrogen-bond donors (Lipinski definition) is 1. The first-order valence-corrected chi connectivity index (χ1v) is 11.3. The van der Waals surface area contributed by atoms with Gasteiger partial charge in [-0.15, -0.1) is 0 Å². The summed E-state index contributed by atoms with van der Waals surface area (Å²) in [6.45, 7) is 4.55. The third-order valence-electron chi connectivity index (χ3n) is 5.38. The second kappa shape index (κ2) is 9.29. The summed E-state index contributed by atoms with van der Waals surface area (Å²) >= 11 is 0. The van der Waals surface area contributed by atoms with Crippen molar-refractivity contribution in [1.82, 2.24) is 14.5 Å². The van der Waals surface area contributed by atoms with Gasteiger partial charge in [0.15, 0.2) is 0 Å². The molecule has 1 aliphatic heterocycles. The normalized spacial score (nSPS) is 14.7. The van der Waals surface area contributed by atoms with Gasteiger partial charge in [-0.2, -0.15) is 9.57 Å². The molecule has 0 aliphatic carbocycles. The zero-order valence-electron chi connectivity index (χ0n) is 17.5. The van der Waals surface area contributed by atoms with Gasteiger partial charge in [0.1, 0.15) is 0 Å². The average Bonchev–Trinajstić information content (AvgIpc) is 2.79. The molecule has 0 bridgehead atoms. The van der Waals surface area contributed by atoms with Gasteiger partial charge in [0.25, 0.3) is 5.91 Å². The molecule has 2 aromatic carbocycles. The van der Waals surface area contributed by atoms with Crippen molar-refractivity contribution in [3.63, 3.8) is 0 Å². The summed E-state index contributed by atoms with van der Waals surface area (Å²) < 4.78 is 26.9. The van der Waals surface area contributed by atoms with Crippen LogP contribution in [0.4, 0.5) is 0 Å². The van der Waals surface area contributed by atoms with E-state index in [2.05, 4.69) is 5.32 Å². The summed E-state index contributed by atoms with van der Waals surface area (Å²) in [6, 6.07) is 13.1. The molecule has 162 valence electrons. The molecule has 1 heterocycles. The first kappa shape index (κ1) is 22.5. The lowest BCUT2D eigenvalue weighted by Crippen LogP contribution is -2.52. The van der Waals surface area contributed by atoms with Crippen molar-refractivity contribution >= 4 is 21.8 Å². The number of carbonyl (C=O) groups excluding carboxylic acids is 2. The number of carbonyl (C=O) groups is 2. The highest BCUT2D eigenvalue weighted by Crippen LogP contribution is 2.18. The quantitative estimate of drug-likeness (QED) is 0.756. The molecule has 0 saturated carbocycles. The first-order valence-electron chi connectivity index (χ1n) is 9.86. The molecule has 0 spiro atoms. The molecule has 1 saturated heterocycles. The summed E-state index contributed by atoms with van der Waals surface area (Å²) in [7, 11) is -3.69. The number of amides is 2. The van der Waals surface area contributed by atoms with Crippen LogP contribution in [-0.2, 0) is 14.8 Å². The number of rotatable bonds is 5. The summed E-state index contributed by atoms with van der Waals surface area (Å²) in [6.07, 6.45) is 0. The molecule has 3 rings (SSSR count). The minimum absolute atomic E-state index is 0.118. The Morgan fingerprint density at radius 1 is 1.00 bits per heavy atom. The Hall–Kier alpha value is -3.22. The van der Waals surface area contributed by atoms with E-state index in [0.29, 0.717) is 11.1 Å². The van der Waals surface area contributed by atoms with Crippen LogP contribution in [0.5, 0.6) is 0 Å². The molecule has 1 N–H and O–H groups in total. The molecule has 0 aromatic heterocycles. The minimum atomic E-state index is -3.69. The maximum absolute atomic E-state index is 12.8. The Bertz CT molecular complexity index is 1130. The molecular formula is C22H24N4O4S. The van der Waals surface area contributed by atoms with Gasteiger partial charge < -0.3 is 10.2 Å². The summed E-state index contributed by atoms with van der Waals surface area (Å²) in [5, 5.41) is 11.5. The second-order valence-electron chi connectivity index (χ2n) is 7.40. The van der Waals surface area contributed by atoms with Crippen LogP contribution in [-0.4, -0.2) is 62.2 Å². The van der Waals surface area contributed by atoms with E-state index in [0.717, 1.165) is 11.1 Å². The molecule has 8 nitrogen and oxygen atoms in total. The molecule has 0 unspecified atom stereocenters.